The topological polar surface area (TPSA) is 3.24 Å². The van der Waals surface area contributed by atoms with Crippen molar-refractivity contribution in [1.82, 2.24) is 4.90 Å². The van der Waals surface area contributed by atoms with Crippen LogP contribution in [0.2, 0.25) is 0 Å². The Morgan fingerprint density at radius 2 is 2.14 bits per heavy atom. The summed E-state index contributed by atoms with van der Waals surface area (Å²) in [6.45, 7) is 4.98. The van der Waals surface area contributed by atoms with Crippen LogP contribution in [0.15, 0.2) is 11.1 Å². The van der Waals surface area contributed by atoms with Crippen LogP contribution in [-0.4, -0.2) is 30.7 Å². The minimum absolute atomic E-state index is 0.105. The van der Waals surface area contributed by atoms with Gasteiger partial charge in [0, 0.05) is 17.6 Å². The van der Waals surface area contributed by atoms with E-state index in [2.05, 4.69) is 22.5 Å². The second-order valence-electron chi connectivity index (χ2n) is 3.63. The highest BCUT2D eigenvalue weighted by atomic mass is 79.9. The molecule has 0 aromatic heterocycles. The van der Waals surface area contributed by atoms with Crippen molar-refractivity contribution in [3.8, 4) is 0 Å². The van der Waals surface area contributed by atoms with Crippen LogP contribution in [0.3, 0.4) is 0 Å². The molecule has 1 fully saturated rings. The van der Waals surface area contributed by atoms with Crippen LogP contribution in [0.4, 0.5) is 13.2 Å². The van der Waals surface area contributed by atoms with Crippen molar-refractivity contribution in [2.24, 2.45) is 5.92 Å². The molecule has 1 aliphatic rings. The molecule has 1 aliphatic heterocycles. The summed E-state index contributed by atoms with van der Waals surface area (Å²) in [6.07, 6.45) is -3.18. The SMILES string of the molecule is C=C(Br)CN1CCCC(C(F)(F)F)C1. The summed E-state index contributed by atoms with van der Waals surface area (Å²) >= 11 is 3.16. The van der Waals surface area contributed by atoms with Crippen molar-refractivity contribution in [3.05, 3.63) is 11.1 Å². The van der Waals surface area contributed by atoms with Gasteiger partial charge in [-0.25, -0.2) is 0 Å². The molecule has 0 aliphatic carbocycles. The Morgan fingerprint density at radius 1 is 1.50 bits per heavy atom. The van der Waals surface area contributed by atoms with Crippen molar-refractivity contribution in [3.63, 3.8) is 0 Å². The van der Waals surface area contributed by atoms with Crippen molar-refractivity contribution in [2.75, 3.05) is 19.6 Å². The van der Waals surface area contributed by atoms with Crippen LogP contribution in [0.5, 0.6) is 0 Å². The van der Waals surface area contributed by atoms with Crippen molar-refractivity contribution in [1.29, 1.82) is 0 Å². The van der Waals surface area contributed by atoms with E-state index in [9.17, 15) is 13.2 Å². The molecular formula is C9H13BrF3N. The first-order chi connectivity index (χ1) is 6.39. The molecule has 0 aromatic rings. The molecule has 82 valence electrons. The van der Waals surface area contributed by atoms with Gasteiger partial charge >= 0.3 is 6.18 Å². The van der Waals surface area contributed by atoms with Gasteiger partial charge in [0.2, 0.25) is 0 Å². The molecule has 0 bridgehead atoms. The fraction of sp³-hybridized carbons (Fsp3) is 0.778. The number of rotatable bonds is 2. The van der Waals surface area contributed by atoms with Gasteiger partial charge in [-0.3, -0.25) is 4.90 Å². The highest BCUT2D eigenvalue weighted by Gasteiger charge is 2.41. The van der Waals surface area contributed by atoms with E-state index in [1.54, 1.807) is 4.90 Å². The van der Waals surface area contributed by atoms with Crippen molar-refractivity contribution >= 4 is 15.9 Å². The monoisotopic (exact) mass is 271 g/mol. The molecule has 1 rings (SSSR count). The summed E-state index contributed by atoms with van der Waals surface area (Å²) in [5, 5.41) is 0. The highest BCUT2D eigenvalue weighted by Crippen LogP contribution is 2.33. The van der Waals surface area contributed by atoms with Crippen LogP contribution in [0.1, 0.15) is 12.8 Å². The molecule has 1 unspecified atom stereocenters. The fourth-order valence-corrected chi connectivity index (χ4v) is 2.06. The molecule has 1 nitrogen and oxygen atoms in total. The number of nitrogens with zero attached hydrogens (tertiary/aromatic N) is 1. The number of hydrogen-bond donors (Lipinski definition) is 0. The van der Waals surface area contributed by atoms with E-state index in [1.807, 2.05) is 0 Å². The van der Waals surface area contributed by atoms with Gasteiger partial charge in [0.15, 0.2) is 0 Å². The maximum absolute atomic E-state index is 12.4. The first kappa shape index (κ1) is 12.0. The predicted octanol–water partition coefficient (Wildman–Crippen LogP) is 3.17. The summed E-state index contributed by atoms with van der Waals surface area (Å²) in [5.74, 6) is -1.16. The fourth-order valence-electron chi connectivity index (χ4n) is 1.71. The maximum atomic E-state index is 12.4. The molecular weight excluding hydrogens is 259 g/mol. The van der Waals surface area contributed by atoms with E-state index in [1.165, 1.54) is 0 Å². The molecule has 0 radical (unpaired) electrons. The van der Waals surface area contributed by atoms with Gasteiger partial charge in [-0.05, 0) is 19.4 Å². The average Bonchev–Trinajstić information content (AvgIpc) is 2.01. The first-order valence-corrected chi connectivity index (χ1v) is 5.31. The van der Waals surface area contributed by atoms with Crippen LogP contribution in [0, 0.1) is 5.92 Å². The normalized spacial score (nSPS) is 25.0. The number of likely N-dealkylation sites (tertiary alicyclic amines) is 1. The molecule has 0 spiro atoms. The van der Waals surface area contributed by atoms with Gasteiger partial charge in [-0.15, -0.1) is 0 Å². The zero-order valence-electron chi connectivity index (χ0n) is 7.78. The van der Waals surface area contributed by atoms with Crippen molar-refractivity contribution in [2.45, 2.75) is 19.0 Å². The molecule has 0 aromatic carbocycles. The molecule has 1 saturated heterocycles. The number of alkyl halides is 3. The highest BCUT2D eigenvalue weighted by molar-refractivity contribution is 9.11. The zero-order valence-corrected chi connectivity index (χ0v) is 9.37. The predicted molar refractivity (Wildman–Crippen MR) is 53.3 cm³/mol. The van der Waals surface area contributed by atoms with Gasteiger partial charge in [-0.1, -0.05) is 22.5 Å². The summed E-state index contributed by atoms with van der Waals surface area (Å²) < 4.78 is 37.9. The lowest BCUT2D eigenvalue weighted by molar-refractivity contribution is -0.186. The molecule has 0 N–H and O–H groups in total. The Balaban J connectivity index is 2.48. The number of piperidine rings is 1. The van der Waals surface area contributed by atoms with E-state index in [4.69, 9.17) is 0 Å². The van der Waals surface area contributed by atoms with E-state index in [0.29, 0.717) is 13.0 Å². The largest absolute Gasteiger partial charge is 0.393 e. The van der Waals surface area contributed by atoms with Gasteiger partial charge in [0.25, 0.3) is 0 Å². The van der Waals surface area contributed by atoms with E-state index in [0.717, 1.165) is 11.0 Å². The third kappa shape index (κ3) is 3.61. The Morgan fingerprint density at radius 3 is 2.64 bits per heavy atom. The van der Waals surface area contributed by atoms with E-state index in [-0.39, 0.29) is 13.0 Å². The van der Waals surface area contributed by atoms with Crippen LogP contribution in [0.25, 0.3) is 0 Å². The Labute approximate surface area is 90.1 Å². The molecule has 14 heavy (non-hydrogen) atoms. The Hall–Kier alpha value is -0.0300. The Bertz CT molecular complexity index is 215. The lowest BCUT2D eigenvalue weighted by Crippen LogP contribution is -2.42. The second-order valence-corrected chi connectivity index (χ2v) is 4.75. The zero-order chi connectivity index (χ0) is 10.8. The first-order valence-electron chi connectivity index (χ1n) is 4.52. The van der Waals surface area contributed by atoms with Gasteiger partial charge in [-0.2, -0.15) is 13.2 Å². The second kappa shape index (κ2) is 4.66. The summed E-state index contributed by atoms with van der Waals surface area (Å²) in [7, 11) is 0. The average molecular weight is 272 g/mol. The molecule has 1 heterocycles. The van der Waals surface area contributed by atoms with Gasteiger partial charge in [0.1, 0.15) is 0 Å². The minimum atomic E-state index is -4.05. The molecule has 5 heteroatoms. The van der Waals surface area contributed by atoms with E-state index < -0.39 is 12.1 Å². The summed E-state index contributed by atoms with van der Waals surface area (Å²) in [6, 6.07) is 0. The third-order valence-corrected chi connectivity index (χ3v) is 2.61. The maximum Gasteiger partial charge on any atom is 0.393 e. The minimum Gasteiger partial charge on any atom is -0.298 e. The lowest BCUT2D eigenvalue weighted by atomic mass is 9.97. The smallest absolute Gasteiger partial charge is 0.298 e. The van der Waals surface area contributed by atoms with Gasteiger partial charge in [0.05, 0.1) is 5.92 Å². The summed E-state index contributed by atoms with van der Waals surface area (Å²) in [5.41, 5.74) is 0. The summed E-state index contributed by atoms with van der Waals surface area (Å²) in [4.78, 5) is 1.79. The van der Waals surface area contributed by atoms with Crippen LogP contribution in [-0.2, 0) is 0 Å². The Kier molecular flexibility index (Phi) is 4.01. The van der Waals surface area contributed by atoms with E-state index >= 15 is 0 Å². The molecule has 1 atom stereocenters. The third-order valence-electron chi connectivity index (χ3n) is 2.36. The number of halogens is 4. The lowest BCUT2D eigenvalue weighted by Gasteiger charge is -2.33. The standard InChI is InChI=1S/C9H13BrF3N/c1-7(10)5-14-4-2-3-8(6-14)9(11,12)13/h8H,1-6H2. The quantitative estimate of drug-likeness (QED) is 0.746. The van der Waals surface area contributed by atoms with Crippen LogP contribution >= 0.6 is 15.9 Å². The number of hydrogen-bond acceptors (Lipinski definition) is 1. The molecule has 0 amide bonds. The van der Waals surface area contributed by atoms with Gasteiger partial charge < -0.3 is 0 Å². The van der Waals surface area contributed by atoms with Crippen LogP contribution < -0.4 is 0 Å². The molecule has 0 saturated carbocycles. The van der Waals surface area contributed by atoms with Crippen molar-refractivity contribution < 1.29 is 13.2 Å².